The highest BCUT2D eigenvalue weighted by Gasteiger charge is 2.09. The molecule has 7 nitrogen and oxygen atoms in total. The highest BCUT2D eigenvalue weighted by Crippen LogP contribution is 2.18. The van der Waals surface area contributed by atoms with Gasteiger partial charge in [-0.25, -0.2) is 0 Å². The Morgan fingerprint density at radius 1 is 0.852 bits per heavy atom. The van der Waals surface area contributed by atoms with Crippen LogP contribution < -0.4 is 16.0 Å². The van der Waals surface area contributed by atoms with Crippen LogP contribution in [0.2, 0.25) is 5.02 Å². The first-order valence-electron chi connectivity index (χ1n) is 8.05. The van der Waals surface area contributed by atoms with Gasteiger partial charge in [-0.15, -0.1) is 10.2 Å². The summed E-state index contributed by atoms with van der Waals surface area (Å²) in [5, 5.41) is 17.0. The molecule has 3 N–H and O–H groups in total. The maximum Gasteiger partial charge on any atom is 0.276 e. The van der Waals surface area contributed by atoms with E-state index in [0.29, 0.717) is 22.2 Å². The molecule has 1 heterocycles. The fourth-order valence-electron chi connectivity index (χ4n) is 2.27. The summed E-state index contributed by atoms with van der Waals surface area (Å²) in [6.07, 6.45) is 0. The Balaban J connectivity index is 1.65. The van der Waals surface area contributed by atoms with Crippen LogP contribution in [0.1, 0.15) is 17.4 Å². The molecule has 1 aromatic heterocycles. The van der Waals surface area contributed by atoms with Gasteiger partial charge in [0, 0.05) is 29.0 Å². The minimum absolute atomic E-state index is 0.168. The van der Waals surface area contributed by atoms with E-state index in [0.717, 1.165) is 5.69 Å². The minimum atomic E-state index is -0.402. The van der Waals surface area contributed by atoms with Crippen LogP contribution >= 0.6 is 11.6 Å². The average Bonchev–Trinajstić information content (AvgIpc) is 2.64. The third-order valence-corrected chi connectivity index (χ3v) is 3.71. The molecule has 0 aliphatic heterocycles. The molecule has 3 rings (SSSR count). The number of benzene rings is 2. The van der Waals surface area contributed by atoms with Gasteiger partial charge in [-0.1, -0.05) is 17.7 Å². The van der Waals surface area contributed by atoms with Gasteiger partial charge in [-0.3, -0.25) is 9.59 Å². The number of nitrogens with zero attached hydrogens (tertiary/aromatic N) is 2. The molecular formula is C19H16ClN5O2. The Labute approximate surface area is 160 Å². The number of anilines is 4. The number of amides is 2. The van der Waals surface area contributed by atoms with Crippen LogP contribution in [0.15, 0.2) is 60.7 Å². The van der Waals surface area contributed by atoms with Crippen molar-refractivity contribution in [1.29, 1.82) is 0 Å². The molecule has 0 fully saturated rings. The van der Waals surface area contributed by atoms with E-state index in [1.165, 1.54) is 6.92 Å². The molecule has 27 heavy (non-hydrogen) atoms. The lowest BCUT2D eigenvalue weighted by molar-refractivity contribution is -0.114. The van der Waals surface area contributed by atoms with Gasteiger partial charge in [0.25, 0.3) is 5.91 Å². The van der Waals surface area contributed by atoms with E-state index in [1.807, 2.05) is 12.1 Å². The van der Waals surface area contributed by atoms with Crippen molar-refractivity contribution in [3.8, 4) is 0 Å². The van der Waals surface area contributed by atoms with Crippen LogP contribution in [-0.2, 0) is 4.79 Å². The first kappa shape index (κ1) is 18.3. The van der Waals surface area contributed by atoms with Crippen LogP contribution in [0.4, 0.5) is 22.9 Å². The van der Waals surface area contributed by atoms with Gasteiger partial charge in [0.15, 0.2) is 11.5 Å². The normalized spacial score (nSPS) is 10.1. The van der Waals surface area contributed by atoms with Gasteiger partial charge in [-0.05, 0) is 54.6 Å². The molecule has 136 valence electrons. The first-order valence-corrected chi connectivity index (χ1v) is 8.43. The minimum Gasteiger partial charge on any atom is -0.339 e. The van der Waals surface area contributed by atoms with Crippen molar-refractivity contribution < 1.29 is 9.59 Å². The fourth-order valence-corrected chi connectivity index (χ4v) is 2.40. The summed E-state index contributed by atoms with van der Waals surface area (Å²) >= 11 is 5.85. The molecule has 3 aromatic rings. The molecular weight excluding hydrogens is 366 g/mol. The fraction of sp³-hybridized carbons (Fsp3) is 0.0526. The Bertz CT molecular complexity index is 959. The van der Waals surface area contributed by atoms with E-state index in [-0.39, 0.29) is 11.6 Å². The smallest absolute Gasteiger partial charge is 0.276 e. The van der Waals surface area contributed by atoms with E-state index in [4.69, 9.17) is 11.6 Å². The predicted molar refractivity (Wildman–Crippen MR) is 105 cm³/mol. The van der Waals surface area contributed by atoms with Crippen LogP contribution in [0.5, 0.6) is 0 Å². The summed E-state index contributed by atoms with van der Waals surface area (Å²) in [5.41, 5.74) is 2.10. The zero-order valence-electron chi connectivity index (χ0n) is 14.4. The number of halogens is 1. The topological polar surface area (TPSA) is 96.0 Å². The Morgan fingerprint density at radius 3 is 2.19 bits per heavy atom. The molecule has 0 aliphatic carbocycles. The quantitative estimate of drug-likeness (QED) is 0.618. The van der Waals surface area contributed by atoms with Gasteiger partial charge >= 0.3 is 0 Å². The van der Waals surface area contributed by atoms with Crippen molar-refractivity contribution in [2.24, 2.45) is 0 Å². The lowest BCUT2D eigenvalue weighted by Gasteiger charge is -2.08. The summed E-state index contributed by atoms with van der Waals surface area (Å²) < 4.78 is 0. The molecule has 2 aromatic carbocycles. The van der Waals surface area contributed by atoms with Crippen molar-refractivity contribution in [1.82, 2.24) is 10.2 Å². The zero-order chi connectivity index (χ0) is 19.2. The number of hydrogen-bond donors (Lipinski definition) is 3. The van der Waals surface area contributed by atoms with Crippen LogP contribution in [0.25, 0.3) is 0 Å². The number of hydrogen-bond acceptors (Lipinski definition) is 5. The summed E-state index contributed by atoms with van der Waals surface area (Å²) in [6, 6.07) is 17.2. The maximum atomic E-state index is 12.3. The maximum absolute atomic E-state index is 12.3. The zero-order valence-corrected chi connectivity index (χ0v) is 15.1. The largest absolute Gasteiger partial charge is 0.339 e. The van der Waals surface area contributed by atoms with E-state index < -0.39 is 5.91 Å². The first-order chi connectivity index (χ1) is 13.0. The lowest BCUT2D eigenvalue weighted by atomic mass is 10.2. The van der Waals surface area contributed by atoms with Crippen molar-refractivity contribution in [2.45, 2.75) is 6.92 Å². The molecule has 0 spiro atoms. The third kappa shape index (κ3) is 5.26. The summed E-state index contributed by atoms with van der Waals surface area (Å²) in [5.74, 6) is -0.0878. The van der Waals surface area contributed by atoms with Crippen molar-refractivity contribution in [2.75, 3.05) is 16.0 Å². The van der Waals surface area contributed by atoms with E-state index in [9.17, 15) is 9.59 Å². The highest BCUT2D eigenvalue weighted by molar-refractivity contribution is 6.30. The van der Waals surface area contributed by atoms with E-state index in [1.54, 1.807) is 48.5 Å². The van der Waals surface area contributed by atoms with Gasteiger partial charge in [0.05, 0.1) is 0 Å². The average molecular weight is 382 g/mol. The molecule has 0 atom stereocenters. The predicted octanol–water partition coefficient (Wildman–Crippen LogP) is 4.08. The summed E-state index contributed by atoms with van der Waals surface area (Å²) in [6.45, 7) is 1.42. The molecule has 0 unspecified atom stereocenters. The summed E-state index contributed by atoms with van der Waals surface area (Å²) in [4.78, 5) is 23.4. The van der Waals surface area contributed by atoms with E-state index >= 15 is 0 Å². The van der Waals surface area contributed by atoms with Gasteiger partial charge in [0.2, 0.25) is 5.91 Å². The van der Waals surface area contributed by atoms with Gasteiger partial charge < -0.3 is 16.0 Å². The molecule has 0 saturated heterocycles. The molecule has 2 amide bonds. The highest BCUT2D eigenvalue weighted by atomic mass is 35.5. The second kappa shape index (κ2) is 8.29. The van der Waals surface area contributed by atoms with Crippen LogP contribution in [-0.4, -0.2) is 22.0 Å². The molecule has 0 saturated carbocycles. The Morgan fingerprint density at radius 2 is 1.56 bits per heavy atom. The second-order valence-electron chi connectivity index (χ2n) is 5.65. The number of carbonyl (C=O) groups is 2. The standard InChI is InChI=1S/C19H16ClN5O2/c1-12(26)21-15-3-2-4-16(11-15)23-19(27)17-9-10-18(25-24-17)22-14-7-5-13(20)6-8-14/h2-11H,1H3,(H,21,26)(H,22,25)(H,23,27). The van der Waals surface area contributed by atoms with Crippen molar-refractivity contribution in [3.05, 3.63) is 71.4 Å². The second-order valence-corrected chi connectivity index (χ2v) is 6.09. The van der Waals surface area contributed by atoms with Gasteiger partial charge in [0.1, 0.15) is 0 Å². The lowest BCUT2D eigenvalue weighted by Crippen LogP contribution is -2.15. The monoisotopic (exact) mass is 381 g/mol. The SMILES string of the molecule is CC(=O)Nc1cccc(NC(=O)c2ccc(Nc3ccc(Cl)cc3)nn2)c1. The van der Waals surface area contributed by atoms with Crippen molar-refractivity contribution >= 4 is 46.3 Å². The van der Waals surface area contributed by atoms with Gasteiger partial charge in [-0.2, -0.15) is 0 Å². The number of carbonyl (C=O) groups excluding carboxylic acids is 2. The van der Waals surface area contributed by atoms with Crippen LogP contribution in [0, 0.1) is 0 Å². The van der Waals surface area contributed by atoms with Crippen molar-refractivity contribution in [3.63, 3.8) is 0 Å². The Kier molecular flexibility index (Phi) is 5.63. The van der Waals surface area contributed by atoms with Crippen LogP contribution in [0.3, 0.4) is 0 Å². The number of nitrogens with one attached hydrogen (secondary N) is 3. The molecule has 8 heteroatoms. The molecule has 0 radical (unpaired) electrons. The van der Waals surface area contributed by atoms with E-state index in [2.05, 4.69) is 26.1 Å². The molecule has 0 bridgehead atoms. The number of aromatic nitrogens is 2. The number of rotatable bonds is 5. The summed E-state index contributed by atoms with van der Waals surface area (Å²) in [7, 11) is 0. The molecule has 0 aliphatic rings. The Hall–Kier alpha value is -3.45. The third-order valence-electron chi connectivity index (χ3n) is 3.45.